The lowest BCUT2D eigenvalue weighted by atomic mass is 10.1. The highest BCUT2D eigenvalue weighted by Gasteiger charge is 2.06. The minimum Gasteiger partial charge on any atom is -0.392 e. The van der Waals surface area contributed by atoms with Crippen molar-refractivity contribution in [1.82, 2.24) is 0 Å². The number of anilines is 1. The van der Waals surface area contributed by atoms with Crippen LogP contribution in [-0.4, -0.2) is 11.0 Å². The molecule has 3 nitrogen and oxygen atoms in total. The van der Waals surface area contributed by atoms with E-state index in [9.17, 15) is 4.79 Å². The van der Waals surface area contributed by atoms with Crippen LogP contribution in [0.3, 0.4) is 0 Å². The summed E-state index contributed by atoms with van der Waals surface area (Å²) in [6, 6.07) is 9.72. The van der Waals surface area contributed by atoms with Gasteiger partial charge in [0.1, 0.15) is 0 Å². The summed E-state index contributed by atoms with van der Waals surface area (Å²) in [5.41, 5.74) is 2.61. The molecule has 2 rings (SSSR count). The zero-order valence-electron chi connectivity index (χ0n) is 11.6. The summed E-state index contributed by atoms with van der Waals surface area (Å²) in [5, 5.41) is 14.1. The Bertz CT molecular complexity index is 564. The van der Waals surface area contributed by atoms with Crippen LogP contribution in [0.2, 0.25) is 0 Å². The fraction of sp³-hybridized carbons (Fsp3) is 0.312. The first-order valence-corrected chi connectivity index (χ1v) is 7.59. The molecular formula is C16H19NO2S. The van der Waals surface area contributed by atoms with Gasteiger partial charge in [0.15, 0.2) is 0 Å². The standard InChI is InChI=1S/C16H19NO2S/c1-12-7-8-13(11-18)10-15(12)17-16(19)6-2-4-14-5-3-9-20-14/h3,5,7-10,18H,2,4,6,11H2,1H3,(H,17,19). The van der Waals surface area contributed by atoms with Crippen molar-refractivity contribution in [3.63, 3.8) is 0 Å². The molecule has 0 radical (unpaired) electrons. The second-order valence-corrected chi connectivity index (χ2v) is 5.82. The number of nitrogens with one attached hydrogen (secondary N) is 1. The van der Waals surface area contributed by atoms with Crippen LogP contribution >= 0.6 is 11.3 Å². The van der Waals surface area contributed by atoms with Crippen molar-refractivity contribution in [2.24, 2.45) is 0 Å². The smallest absolute Gasteiger partial charge is 0.224 e. The highest BCUT2D eigenvalue weighted by atomic mass is 32.1. The number of carbonyl (C=O) groups is 1. The SMILES string of the molecule is Cc1ccc(CO)cc1NC(=O)CCCc1cccs1. The molecule has 0 fully saturated rings. The summed E-state index contributed by atoms with van der Waals surface area (Å²) >= 11 is 1.73. The zero-order chi connectivity index (χ0) is 14.4. The lowest BCUT2D eigenvalue weighted by Crippen LogP contribution is -2.12. The molecule has 0 unspecified atom stereocenters. The number of carbonyl (C=O) groups excluding carboxylic acids is 1. The monoisotopic (exact) mass is 289 g/mol. The molecule has 0 aliphatic carbocycles. The number of aryl methyl sites for hydroxylation is 2. The van der Waals surface area contributed by atoms with Crippen LogP contribution in [0.15, 0.2) is 35.7 Å². The molecule has 0 aliphatic rings. The van der Waals surface area contributed by atoms with Crippen molar-refractivity contribution >= 4 is 22.9 Å². The number of benzene rings is 1. The molecule has 106 valence electrons. The molecule has 0 spiro atoms. The van der Waals surface area contributed by atoms with Crippen LogP contribution in [0.25, 0.3) is 0 Å². The van der Waals surface area contributed by atoms with Gasteiger partial charge in [-0.05, 0) is 48.4 Å². The quantitative estimate of drug-likeness (QED) is 0.855. The van der Waals surface area contributed by atoms with Gasteiger partial charge in [-0.3, -0.25) is 4.79 Å². The maximum atomic E-state index is 11.9. The highest BCUT2D eigenvalue weighted by molar-refractivity contribution is 7.09. The van der Waals surface area contributed by atoms with E-state index in [2.05, 4.69) is 16.8 Å². The molecule has 1 amide bonds. The Hall–Kier alpha value is -1.65. The highest BCUT2D eigenvalue weighted by Crippen LogP contribution is 2.18. The van der Waals surface area contributed by atoms with Crippen LogP contribution in [0.5, 0.6) is 0 Å². The fourth-order valence-electron chi connectivity index (χ4n) is 1.99. The Labute approximate surface area is 123 Å². The average Bonchev–Trinajstić information content (AvgIpc) is 2.94. The van der Waals surface area contributed by atoms with E-state index in [4.69, 9.17) is 5.11 Å². The minimum absolute atomic E-state index is 0.0124. The van der Waals surface area contributed by atoms with Crippen molar-refractivity contribution in [2.75, 3.05) is 5.32 Å². The molecule has 0 atom stereocenters. The third-order valence-corrected chi connectivity index (χ3v) is 4.10. The number of rotatable bonds is 6. The van der Waals surface area contributed by atoms with Crippen LogP contribution in [-0.2, 0) is 17.8 Å². The average molecular weight is 289 g/mol. The van der Waals surface area contributed by atoms with E-state index in [1.54, 1.807) is 11.3 Å². The van der Waals surface area contributed by atoms with E-state index < -0.39 is 0 Å². The van der Waals surface area contributed by atoms with E-state index in [1.807, 2.05) is 31.2 Å². The molecule has 0 saturated heterocycles. The third-order valence-electron chi connectivity index (χ3n) is 3.17. The van der Waals surface area contributed by atoms with Gasteiger partial charge in [0.25, 0.3) is 0 Å². The number of amides is 1. The van der Waals surface area contributed by atoms with Crippen LogP contribution < -0.4 is 5.32 Å². The first-order valence-electron chi connectivity index (χ1n) is 6.71. The largest absolute Gasteiger partial charge is 0.392 e. The second kappa shape index (κ2) is 7.22. The maximum Gasteiger partial charge on any atom is 0.224 e. The Morgan fingerprint density at radius 1 is 1.35 bits per heavy atom. The minimum atomic E-state index is -0.0124. The molecule has 0 bridgehead atoms. The van der Waals surface area contributed by atoms with Crippen molar-refractivity contribution in [2.45, 2.75) is 32.8 Å². The van der Waals surface area contributed by atoms with E-state index in [1.165, 1.54) is 4.88 Å². The number of hydrogen-bond acceptors (Lipinski definition) is 3. The first kappa shape index (κ1) is 14.8. The van der Waals surface area contributed by atoms with E-state index in [0.29, 0.717) is 6.42 Å². The van der Waals surface area contributed by atoms with Gasteiger partial charge in [-0.15, -0.1) is 11.3 Å². The van der Waals surface area contributed by atoms with E-state index in [0.717, 1.165) is 29.7 Å². The van der Waals surface area contributed by atoms with Gasteiger partial charge in [0, 0.05) is 17.0 Å². The summed E-state index contributed by atoms with van der Waals surface area (Å²) in [7, 11) is 0. The summed E-state index contributed by atoms with van der Waals surface area (Å²) in [6.07, 6.45) is 2.31. The summed E-state index contributed by atoms with van der Waals surface area (Å²) in [6.45, 7) is 1.93. The normalized spacial score (nSPS) is 10.5. The number of hydrogen-bond donors (Lipinski definition) is 2. The third kappa shape index (κ3) is 4.18. The lowest BCUT2D eigenvalue weighted by Gasteiger charge is -2.09. The van der Waals surface area contributed by atoms with Crippen molar-refractivity contribution in [1.29, 1.82) is 0 Å². The van der Waals surface area contributed by atoms with Gasteiger partial charge in [-0.25, -0.2) is 0 Å². The topological polar surface area (TPSA) is 49.3 Å². The second-order valence-electron chi connectivity index (χ2n) is 4.79. The molecule has 1 heterocycles. The van der Waals surface area contributed by atoms with Crippen LogP contribution in [0, 0.1) is 6.92 Å². The molecule has 0 aliphatic heterocycles. The summed E-state index contributed by atoms with van der Waals surface area (Å²) < 4.78 is 0. The first-order chi connectivity index (χ1) is 9.69. The van der Waals surface area contributed by atoms with Crippen LogP contribution in [0.4, 0.5) is 5.69 Å². The molecular weight excluding hydrogens is 270 g/mol. The Balaban J connectivity index is 1.84. The van der Waals surface area contributed by atoms with Gasteiger partial charge in [0.05, 0.1) is 6.61 Å². The van der Waals surface area contributed by atoms with Crippen molar-refractivity contribution < 1.29 is 9.90 Å². The molecule has 2 aromatic rings. The summed E-state index contributed by atoms with van der Waals surface area (Å²) in [5.74, 6) is 0.0275. The Morgan fingerprint density at radius 2 is 2.20 bits per heavy atom. The maximum absolute atomic E-state index is 11.9. The predicted octanol–water partition coefficient (Wildman–Crippen LogP) is 3.51. The molecule has 20 heavy (non-hydrogen) atoms. The number of aliphatic hydroxyl groups is 1. The van der Waals surface area contributed by atoms with E-state index >= 15 is 0 Å². The fourth-order valence-corrected chi connectivity index (χ4v) is 2.74. The van der Waals surface area contributed by atoms with Crippen LogP contribution in [0.1, 0.15) is 28.8 Å². The van der Waals surface area contributed by atoms with Gasteiger partial charge in [0.2, 0.25) is 5.91 Å². The molecule has 4 heteroatoms. The van der Waals surface area contributed by atoms with Crippen molar-refractivity contribution in [3.8, 4) is 0 Å². The van der Waals surface area contributed by atoms with Gasteiger partial charge in [-0.1, -0.05) is 18.2 Å². The number of thiophene rings is 1. The van der Waals surface area contributed by atoms with Gasteiger partial charge < -0.3 is 10.4 Å². The number of aliphatic hydroxyl groups excluding tert-OH is 1. The van der Waals surface area contributed by atoms with Gasteiger partial charge >= 0.3 is 0 Å². The molecule has 0 saturated carbocycles. The molecule has 1 aromatic heterocycles. The Kier molecular flexibility index (Phi) is 5.32. The van der Waals surface area contributed by atoms with Crippen molar-refractivity contribution in [3.05, 3.63) is 51.7 Å². The summed E-state index contributed by atoms with van der Waals surface area (Å²) in [4.78, 5) is 13.2. The lowest BCUT2D eigenvalue weighted by molar-refractivity contribution is -0.116. The van der Waals surface area contributed by atoms with Gasteiger partial charge in [-0.2, -0.15) is 0 Å². The predicted molar refractivity (Wildman–Crippen MR) is 83.0 cm³/mol. The Morgan fingerprint density at radius 3 is 2.90 bits per heavy atom. The molecule has 2 N–H and O–H groups in total. The van der Waals surface area contributed by atoms with E-state index in [-0.39, 0.29) is 12.5 Å². The zero-order valence-corrected chi connectivity index (χ0v) is 12.4. The molecule has 1 aromatic carbocycles.